The zero-order chi connectivity index (χ0) is 13.8. The van der Waals surface area contributed by atoms with Crippen LogP contribution in [0.5, 0.6) is 0 Å². The lowest BCUT2D eigenvalue weighted by molar-refractivity contribution is -0.138. The molecule has 3 atom stereocenters. The third kappa shape index (κ3) is 4.18. The van der Waals surface area contributed by atoms with Crippen LogP contribution in [0.4, 0.5) is 0 Å². The van der Waals surface area contributed by atoms with Gasteiger partial charge < -0.3 is 5.11 Å². The van der Waals surface area contributed by atoms with Crippen molar-refractivity contribution < 1.29 is 9.90 Å². The Kier molecular flexibility index (Phi) is 5.22. The van der Waals surface area contributed by atoms with Crippen molar-refractivity contribution in [2.45, 2.75) is 45.6 Å². The van der Waals surface area contributed by atoms with E-state index < -0.39 is 5.97 Å². The number of carboxylic acids is 1. The van der Waals surface area contributed by atoms with Gasteiger partial charge in [-0.25, -0.2) is 0 Å². The van der Waals surface area contributed by atoms with E-state index in [1.807, 2.05) is 0 Å². The molecule has 1 saturated heterocycles. The number of hydrogen-bond donors (Lipinski definition) is 1. The van der Waals surface area contributed by atoms with E-state index in [4.69, 9.17) is 5.11 Å². The van der Waals surface area contributed by atoms with Crippen LogP contribution in [0.3, 0.4) is 0 Å². The monoisotopic (exact) mass is 268 g/mol. The molecule has 0 bridgehead atoms. The molecule has 0 aromatic rings. The summed E-state index contributed by atoms with van der Waals surface area (Å²) in [5, 5.41) is 8.89. The number of aliphatic carboxylic acids is 1. The van der Waals surface area contributed by atoms with Crippen molar-refractivity contribution >= 4 is 5.97 Å². The highest BCUT2D eigenvalue weighted by Crippen LogP contribution is 2.32. The molecule has 1 aliphatic heterocycles. The first kappa shape index (κ1) is 14.8. The van der Waals surface area contributed by atoms with Crippen LogP contribution in [-0.2, 0) is 4.79 Å². The summed E-state index contributed by atoms with van der Waals surface area (Å²) in [6.07, 6.45) is 5.12. The maximum absolute atomic E-state index is 10.8. The Morgan fingerprint density at radius 2 is 1.95 bits per heavy atom. The lowest BCUT2D eigenvalue weighted by atomic mass is 9.79. The predicted molar refractivity (Wildman–Crippen MR) is 76.2 cm³/mol. The number of carbonyl (C=O) groups is 1. The minimum Gasteiger partial charge on any atom is -0.480 e. The average Bonchev–Trinajstić information content (AvgIpc) is 2.54. The zero-order valence-corrected chi connectivity index (χ0v) is 12.3. The molecule has 0 amide bonds. The predicted octanol–water partition coefficient (Wildman–Crippen LogP) is 1.90. The van der Waals surface area contributed by atoms with Gasteiger partial charge in [-0.05, 0) is 44.1 Å². The largest absolute Gasteiger partial charge is 0.480 e. The maximum atomic E-state index is 10.8. The molecule has 2 fully saturated rings. The quantitative estimate of drug-likeness (QED) is 0.849. The Labute approximate surface area is 116 Å². The molecule has 2 rings (SSSR count). The van der Waals surface area contributed by atoms with Crippen LogP contribution in [0.1, 0.15) is 39.5 Å². The highest BCUT2D eigenvalue weighted by molar-refractivity contribution is 5.69. The van der Waals surface area contributed by atoms with E-state index in [2.05, 4.69) is 23.6 Å². The molecule has 1 saturated carbocycles. The Balaban J connectivity index is 1.86. The van der Waals surface area contributed by atoms with E-state index in [1.54, 1.807) is 0 Å². The summed E-state index contributed by atoms with van der Waals surface area (Å²) in [6, 6.07) is 0.723. The Hall–Kier alpha value is -0.610. The van der Waals surface area contributed by atoms with Crippen molar-refractivity contribution in [1.82, 2.24) is 9.80 Å². The fourth-order valence-electron chi connectivity index (χ4n) is 3.86. The Morgan fingerprint density at radius 1 is 1.16 bits per heavy atom. The first-order valence-corrected chi connectivity index (χ1v) is 7.74. The summed E-state index contributed by atoms with van der Waals surface area (Å²) in [6.45, 7) is 8.97. The number of nitrogens with zero attached hydrogens (tertiary/aromatic N) is 2. The van der Waals surface area contributed by atoms with Crippen molar-refractivity contribution in [2.24, 2.45) is 11.8 Å². The molecule has 1 N–H and O–H groups in total. The van der Waals surface area contributed by atoms with Crippen LogP contribution in [0.2, 0.25) is 0 Å². The van der Waals surface area contributed by atoms with E-state index in [0.717, 1.165) is 50.5 Å². The van der Waals surface area contributed by atoms with E-state index >= 15 is 0 Å². The maximum Gasteiger partial charge on any atom is 0.317 e. The second-order valence-electron chi connectivity index (χ2n) is 6.52. The molecule has 0 aromatic carbocycles. The van der Waals surface area contributed by atoms with Gasteiger partial charge >= 0.3 is 5.97 Å². The highest BCUT2D eigenvalue weighted by atomic mass is 16.4. The fourth-order valence-corrected chi connectivity index (χ4v) is 3.86. The molecule has 1 heterocycles. The summed E-state index contributed by atoms with van der Waals surface area (Å²) in [5.41, 5.74) is 0. The van der Waals surface area contributed by atoms with Gasteiger partial charge in [0.2, 0.25) is 0 Å². The zero-order valence-electron chi connectivity index (χ0n) is 12.3. The van der Waals surface area contributed by atoms with Gasteiger partial charge in [0, 0.05) is 25.7 Å². The van der Waals surface area contributed by atoms with Gasteiger partial charge in [0.1, 0.15) is 0 Å². The summed E-state index contributed by atoms with van der Waals surface area (Å²) >= 11 is 0. The van der Waals surface area contributed by atoms with Crippen LogP contribution in [0, 0.1) is 11.8 Å². The second kappa shape index (κ2) is 6.71. The van der Waals surface area contributed by atoms with Crippen LogP contribution >= 0.6 is 0 Å². The van der Waals surface area contributed by atoms with Crippen LogP contribution in [0.25, 0.3) is 0 Å². The van der Waals surface area contributed by atoms with E-state index in [0.29, 0.717) is 0 Å². The smallest absolute Gasteiger partial charge is 0.317 e. The normalized spacial score (nSPS) is 34.9. The van der Waals surface area contributed by atoms with E-state index in [1.165, 1.54) is 19.3 Å². The minimum atomic E-state index is -0.701. The third-order valence-corrected chi connectivity index (χ3v) is 4.84. The summed E-state index contributed by atoms with van der Waals surface area (Å²) in [7, 11) is 0. The lowest BCUT2D eigenvalue weighted by Crippen LogP contribution is -2.44. The minimum absolute atomic E-state index is 0.199. The van der Waals surface area contributed by atoms with Crippen molar-refractivity contribution in [3.05, 3.63) is 0 Å². The standard InChI is InChI=1S/C15H28N2O2/c1-12-4-5-14(13(2)10-12)17-7-3-6-16(8-9-17)11-15(18)19/h12-14H,3-11H2,1-2H3,(H,18,19). The van der Waals surface area contributed by atoms with Crippen LogP contribution in [-0.4, -0.2) is 59.6 Å². The molecule has 4 nitrogen and oxygen atoms in total. The summed E-state index contributed by atoms with van der Waals surface area (Å²) < 4.78 is 0. The highest BCUT2D eigenvalue weighted by Gasteiger charge is 2.30. The van der Waals surface area contributed by atoms with Crippen molar-refractivity contribution in [2.75, 3.05) is 32.7 Å². The first-order valence-electron chi connectivity index (χ1n) is 7.74. The van der Waals surface area contributed by atoms with Gasteiger partial charge in [0.25, 0.3) is 0 Å². The molecule has 1 aliphatic carbocycles. The second-order valence-corrected chi connectivity index (χ2v) is 6.52. The summed E-state index contributed by atoms with van der Waals surface area (Å²) in [4.78, 5) is 15.5. The first-order chi connectivity index (χ1) is 9.06. The van der Waals surface area contributed by atoms with Gasteiger partial charge in [0.05, 0.1) is 6.54 Å². The molecular formula is C15H28N2O2. The lowest BCUT2D eigenvalue weighted by Gasteiger charge is -2.40. The molecule has 0 aromatic heterocycles. The number of hydrogen-bond acceptors (Lipinski definition) is 3. The topological polar surface area (TPSA) is 43.8 Å². The van der Waals surface area contributed by atoms with Gasteiger partial charge in [-0.1, -0.05) is 13.8 Å². The van der Waals surface area contributed by atoms with Crippen LogP contribution in [0.15, 0.2) is 0 Å². The molecule has 19 heavy (non-hydrogen) atoms. The van der Waals surface area contributed by atoms with Gasteiger partial charge in [-0.2, -0.15) is 0 Å². The molecule has 0 spiro atoms. The van der Waals surface area contributed by atoms with E-state index in [9.17, 15) is 4.79 Å². The van der Waals surface area contributed by atoms with Gasteiger partial charge in [-0.3, -0.25) is 14.6 Å². The molecule has 2 aliphatic rings. The van der Waals surface area contributed by atoms with Crippen molar-refractivity contribution in [3.63, 3.8) is 0 Å². The van der Waals surface area contributed by atoms with Gasteiger partial charge in [0.15, 0.2) is 0 Å². The van der Waals surface area contributed by atoms with Gasteiger partial charge in [-0.15, -0.1) is 0 Å². The van der Waals surface area contributed by atoms with Crippen LogP contribution < -0.4 is 0 Å². The molecule has 110 valence electrons. The summed E-state index contributed by atoms with van der Waals surface area (Å²) in [5.74, 6) is 0.963. The molecule has 0 radical (unpaired) electrons. The number of carboxylic acid groups (broad SMARTS) is 1. The SMILES string of the molecule is CC1CCC(N2CCCN(CC(=O)O)CC2)C(C)C1. The van der Waals surface area contributed by atoms with Crippen molar-refractivity contribution in [1.29, 1.82) is 0 Å². The Bertz CT molecular complexity index is 309. The molecule has 4 heteroatoms. The third-order valence-electron chi connectivity index (χ3n) is 4.84. The Morgan fingerprint density at radius 3 is 2.63 bits per heavy atom. The van der Waals surface area contributed by atoms with Crippen molar-refractivity contribution in [3.8, 4) is 0 Å². The number of rotatable bonds is 3. The van der Waals surface area contributed by atoms with E-state index in [-0.39, 0.29) is 6.54 Å². The molecule has 3 unspecified atom stereocenters. The fraction of sp³-hybridized carbons (Fsp3) is 0.933. The average molecular weight is 268 g/mol. The molecular weight excluding hydrogens is 240 g/mol.